The van der Waals surface area contributed by atoms with Crippen LogP contribution in [-0.4, -0.2) is 16.6 Å². The SMILES string of the molecule is CC(C)C[C@H](C)COc1ncc(-c2ccnc3ccc(F)cc23)cc1Cl. The van der Waals surface area contributed by atoms with Crippen LogP contribution in [0, 0.1) is 17.7 Å². The van der Waals surface area contributed by atoms with E-state index in [-0.39, 0.29) is 5.82 Å². The number of nitrogens with zero attached hydrogens (tertiary/aromatic N) is 2. The van der Waals surface area contributed by atoms with E-state index in [9.17, 15) is 4.39 Å². The van der Waals surface area contributed by atoms with Crippen LogP contribution in [0.5, 0.6) is 5.88 Å². The first kappa shape index (κ1) is 18.6. The average Bonchev–Trinajstić information content (AvgIpc) is 2.59. The van der Waals surface area contributed by atoms with Crippen molar-refractivity contribution >= 4 is 22.5 Å². The summed E-state index contributed by atoms with van der Waals surface area (Å²) in [6, 6.07) is 8.18. The third-order valence-corrected chi connectivity index (χ3v) is 4.47. The quantitative estimate of drug-likeness (QED) is 0.520. The van der Waals surface area contributed by atoms with E-state index in [1.165, 1.54) is 12.1 Å². The normalized spacial score (nSPS) is 12.5. The Morgan fingerprint density at radius 1 is 1.12 bits per heavy atom. The van der Waals surface area contributed by atoms with E-state index in [4.69, 9.17) is 16.3 Å². The fourth-order valence-corrected chi connectivity index (χ4v) is 3.36. The predicted molar refractivity (Wildman–Crippen MR) is 104 cm³/mol. The maximum absolute atomic E-state index is 13.7. The first-order valence-corrected chi connectivity index (χ1v) is 9.15. The maximum Gasteiger partial charge on any atom is 0.232 e. The van der Waals surface area contributed by atoms with E-state index in [0.29, 0.717) is 29.3 Å². The Labute approximate surface area is 158 Å². The molecule has 0 aliphatic heterocycles. The highest BCUT2D eigenvalue weighted by molar-refractivity contribution is 6.32. The Balaban J connectivity index is 1.85. The van der Waals surface area contributed by atoms with E-state index < -0.39 is 0 Å². The molecule has 0 aliphatic carbocycles. The number of halogens is 2. The highest BCUT2D eigenvalue weighted by Gasteiger charge is 2.12. The average molecular weight is 373 g/mol. The summed E-state index contributed by atoms with van der Waals surface area (Å²) in [6.07, 6.45) is 4.49. The molecule has 5 heteroatoms. The van der Waals surface area contributed by atoms with Gasteiger partial charge in [-0.2, -0.15) is 0 Å². The molecule has 2 heterocycles. The van der Waals surface area contributed by atoms with Gasteiger partial charge in [0.05, 0.1) is 12.1 Å². The smallest absolute Gasteiger partial charge is 0.232 e. The molecule has 136 valence electrons. The first-order chi connectivity index (χ1) is 12.4. The summed E-state index contributed by atoms with van der Waals surface area (Å²) in [4.78, 5) is 8.64. The molecular weight excluding hydrogens is 351 g/mol. The van der Waals surface area contributed by atoms with Gasteiger partial charge < -0.3 is 4.74 Å². The van der Waals surface area contributed by atoms with Crippen molar-refractivity contribution in [1.82, 2.24) is 9.97 Å². The summed E-state index contributed by atoms with van der Waals surface area (Å²) in [7, 11) is 0. The topological polar surface area (TPSA) is 35.0 Å². The third kappa shape index (κ3) is 4.31. The minimum absolute atomic E-state index is 0.301. The molecule has 0 saturated carbocycles. The Bertz CT molecular complexity index is 914. The number of aromatic nitrogens is 2. The molecule has 1 aromatic carbocycles. The van der Waals surface area contributed by atoms with E-state index in [0.717, 1.165) is 28.5 Å². The number of ether oxygens (including phenoxy) is 1. The van der Waals surface area contributed by atoms with Gasteiger partial charge in [0, 0.05) is 23.3 Å². The summed E-state index contributed by atoms with van der Waals surface area (Å²) < 4.78 is 19.4. The van der Waals surface area contributed by atoms with Crippen molar-refractivity contribution in [2.75, 3.05) is 6.61 Å². The fraction of sp³-hybridized carbons (Fsp3) is 0.333. The lowest BCUT2D eigenvalue weighted by Crippen LogP contribution is -2.11. The molecule has 0 unspecified atom stereocenters. The molecule has 0 N–H and O–H groups in total. The van der Waals surface area contributed by atoms with Crippen LogP contribution in [0.15, 0.2) is 42.7 Å². The first-order valence-electron chi connectivity index (χ1n) is 8.77. The number of hydrogen-bond donors (Lipinski definition) is 0. The number of hydrogen-bond acceptors (Lipinski definition) is 3. The minimum Gasteiger partial charge on any atom is -0.476 e. The molecule has 3 nitrogen and oxygen atoms in total. The summed E-state index contributed by atoms with van der Waals surface area (Å²) in [5.41, 5.74) is 2.36. The van der Waals surface area contributed by atoms with Gasteiger partial charge in [0.2, 0.25) is 5.88 Å². The summed E-state index contributed by atoms with van der Waals surface area (Å²) in [5, 5.41) is 1.17. The van der Waals surface area contributed by atoms with Crippen LogP contribution in [0.3, 0.4) is 0 Å². The molecule has 0 fully saturated rings. The van der Waals surface area contributed by atoms with E-state index in [2.05, 4.69) is 30.7 Å². The Morgan fingerprint density at radius 2 is 1.92 bits per heavy atom. The lowest BCUT2D eigenvalue weighted by molar-refractivity contribution is 0.231. The number of pyridine rings is 2. The van der Waals surface area contributed by atoms with Gasteiger partial charge in [-0.15, -0.1) is 0 Å². The molecule has 0 radical (unpaired) electrons. The van der Waals surface area contributed by atoms with Crippen LogP contribution < -0.4 is 4.74 Å². The maximum atomic E-state index is 13.7. The van der Waals surface area contributed by atoms with Crippen LogP contribution in [0.4, 0.5) is 4.39 Å². The lowest BCUT2D eigenvalue weighted by Gasteiger charge is -2.15. The molecule has 3 aromatic rings. The highest BCUT2D eigenvalue weighted by atomic mass is 35.5. The van der Waals surface area contributed by atoms with E-state index in [1.54, 1.807) is 24.5 Å². The number of rotatable bonds is 6. The molecule has 2 aromatic heterocycles. The standard InChI is InChI=1S/C21H22ClFN2O/c1-13(2)8-14(3)12-26-21-19(22)9-15(11-25-21)17-6-7-24-20-5-4-16(23)10-18(17)20/h4-7,9-11,13-14H,8,12H2,1-3H3/t14-/m0/s1. The van der Waals surface area contributed by atoms with Crippen molar-refractivity contribution < 1.29 is 9.13 Å². The van der Waals surface area contributed by atoms with Crippen LogP contribution >= 0.6 is 11.6 Å². The van der Waals surface area contributed by atoms with Crippen LogP contribution in [0.2, 0.25) is 5.02 Å². The predicted octanol–water partition coefficient (Wildman–Crippen LogP) is 6.15. The Kier molecular flexibility index (Phi) is 5.72. The zero-order valence-electron chi connectivity index (χ0n) is 15.2. The third-order valence-electron chi connectivity index (χ3n) is 4.20. The van der Waals surface area contributed by atoms with Crippen molar-refractivity contribution in [3.63, 3.8) is 0 Å². The van der Waals surface area contributed by atoms with Gasteiger partial charge in [-0.3, -0.25) is 4.98 Å². The second-order valence-corrected chi connectivity index (χ2v) is 7.48. The molecule has 0 amide bonds. The second-order valence-electron chi connectivity index (χ2n) is 7.08. The zero-order valence-corrected chi connectivity index (χ0v) is 15.9. The molecule has 0 bridgehead atoms. The van der Waals surface area contributed by atoms with Gasteiger partial charge in [-0.05, 0) is 54.2 Å². The van der Waals surface area contributed by atoms with Gasteiger partial charge in [0.15, 0.2) is 0 Å². The van der Waals surface area contributed by atoms with Crippen LogP contribution in [0.25, 0.3) is 22.0 Å². The fourth-order valence-electron chi connectivity index (χ4n) is 3.14. The highest BCUT2D eigenvalue weighted by Crippen LogP contribution is 2.32. The van der Waals surface area contributed by atoms with Gasteiger partial charge in [0.1, 0.15) is 10.8 Å². The van der Waals surface area contributed by atoms with Crippen molar-refractivity contribution in [2.24, 2.45) is 11.8 Å². The number of fused-ring (bicyclic) bond motifs is 1. The Hall–Kier alpha value is -2.20. The molecule has 0 spiro atoms. The van der Waals surface area contributed by atoms with Crippen molar-refractivity contribution in [2.45, 2.75) is 27.2 Å². The van der Waals surface area contributed by atoms with E-state index >= 15 is 0 Å². The molecule has 1 atom stereocenters. The summed E-state index contributed by atoms with van der Waals surface area (Å²) >= 11 is 6.37. The van der Waals surface area contributed by atoms with Crippen molar-refractivity contribution in [1.29, 1.82) is 0 Å². The minimum atomic E-state index is -0.301. The van der Waals surface area contributed by atoms with Crippen LogP contribution in [-0.2, 0) is 0 Å². The van der Waals surface area contributed by atoms with Crippen LogP contribution in [0.1, 0.15) is 27.2 Å². The molecule has 0 saturated heterocycles. The molecule has 0 aliphatic rings. The summed E-state index contributed by atoms with van der Waals surface area (Å²) in [5.74, 6) is 1.18. The van der Waals surface area contributed by atoms with Crippen molar-refractivity contribution in [3.8, 4) is 17.0 Å². The van der Waals surface area contributed by atoms with E-state index in [1.807, 2.05) is 6.07 Å². The Morgan fingerprint density at radius 3 is 2.65 bits per heavy atom. The largest absolute Gasteiger partial charge is 0.476 e. The second kappa shape index (κ2) is 8.00. The molecule has 3 rings (SSSR count). The van der Waals surface area contributed by atoms with Gasteiger partial charge in [0.25, 0.3) is 0 Å². The van der Waals surface area contributed by atoms with Gasteiger partial charge in [-0.1, -0.05) is 32.4 Å². The molecular formula is C21H22ClFN2O. The molecule has 26 heavy (non-hydrogen) atoms. The van der Waals surface area contributed by atoms with Gasteiger partial charge in [-0.25, -0.2) is 9.37 Å². The number of benzene rings is 1. The monoisotopic (exact) mass is 372 g/mol. The zero-order chi connectivity index (χ0) is 18.7. The van der Waals surface area contributed by atoms with Crippen molar-refractivity contribution in [3.05, 3.63) is 53.6 Å². The van der Waals surface area contributed by atoms with Gasteiger partial charge >= 0.3 is 0 Å². The lowest BCUT2D eigenvalue weighted by atomic mass is 10.00. The summed E-state index contributed by atoms with van der Waals surface area (Å²) in [6.45, 7) is 7.12.